The lowest BCUT2D eigenvalue weighted by molar-refractivity contribution is -0.167. The second-order valence-corrected chi connectivity index (χ2v) is 20.6. The fraction of sp³-hybridized carbons (Fsp3) is 0.950. The zero-order valence-corrected chi connectivity index (χ0v) is 45.0. The van der Waals surface area contributed by atoms with Crippen LogP contribution in [0, 0.1) is 0 Å². The van der Waals surface area contributed by atoms with E-state index in [1.54, 1.807) is 0 Å². The third-order valence-corrected chi connectivity index (χ3v) is 13.9. The zero-order chi connectivity index (χ0) is 47.9. The number of rotatable bonds is 56. The van der Waals surface area contributed by atoms with Crippen molar-refractivity contribution in [1.29, 1.82) is 0 Å². The van der Waals surface area contributed by atoms with Gasteiger partial charge < -0.3 is 14.2 Å². The molecule has 392 valence electrons. The van der Waals surface area contributed by atoms with Gasteiger partial charge in [-0.05, 0) is 19.3 Å². The van der Waals surface area contributed by atoms with Crippen molar-refractivity contribution in [1.82, 2.24) is 0 Å². The van der Waals surface area contributed by atoms with Crippen LogP contribution in [-0.4, -0.2) is 37.2 Å². The lowest BCUT2D eigenvalue weighted by Gasteiger charge is -2.18. The van der Waals surface area contributed by atoms with E-state index < -0.39 is 6.10 Å². The van der Waals surface area contributed by atoms with Gasteiger partial charge in [0.15, 0.2) is 6.10 Å². The smallest absolute Gasteiger partial charge is 0.306 e. The molecule has 0 saturated carbocycles. The number of ether oxygens (including phenoxy) is 3. The Morgan fingerprint density at radius 1 is 0.242 bits per heavy atom. The van der Waals surface area contributed by atoms with Gasteiger partial charge in [0.25, 0.3) is 0 Å². The van der Waals surface area contributed by atoms with Crippen molar-refractivity contribution >= 4 is 17.9 Å². The van der Waals surface area contributed by atoms with Crippen molar-refractivity contribution in [2.24, 2.45) is 0 Å². The monoisotopic (exact) mass is 933 g/mol. The summed E-state index contributed by atoms with van der Waals surface area (Å²) in [6.07, 6.45) is 62.4. The predicted octanol–water partition coefficient (Wildman–Crippen LogP) is 19.9. The highest BCUT2D eigenvalue weighted by Gasteiger charge is 2.19. The maximum Gasteiger partial charge on any atom is 0.306 e. The third-order valence-electron chi connectivity index (χ3n) is 13.9. The molecule has 1 atom stereocenters. The molecule has 0 N–H and O–H groups in total. The summed E-state index contributed by atoms with van der Waals surface area (Å²) in [6, 6.07) is 0. The van der Waals surface area contributed by atoms with E-state index in [9.17, 15) is 14.4 Å². The van der Waals surface area contributed by atoms with E-state index >= 15 is 0 Å². The van der Waals surface area contributed by atoms with E-state index in [0.29, 0.717) is 19.3 Å². The molecule has 6 heteroatoms. The van der Waals surface area contributed by atoms with E-state index in [0.717, 1.165) is 57.8 Å². The van der Waals surface area contributed by atoms with Gasteiger partial charge in [-0.25, -0.2) is 0 Å². The van der Waals surface area contributed by atoms with Crippen LogP contribution < -0.4 is 0 Å². The van der Waals surface area contributed by atoms with Crippen LogP contribution >= 0.6 is 0 Å². The molecule has 0 heterocycles. The molecule has 0 spiro atoms. The molecule has 0 aliphatic carbocycles. The first-order chi connectivity index (χ1) is 32.5. The van der Waals surface area contributed by atoms with Gasteiger partial charge >= 0.3 is 17.9 Å². The number of carbonyl (C=O) groups excluding carboxylic acids is 3. The molecule has 0 rings (SSSR count). The Labute approximate surface area is 412 Å². The molecule has 0 aromatic rings. The fourth-order valence-corrected chi connectivity index (χ4v) is 9.33. The van der Waals surface area contributed by atoms with Crippen molar-refractivity contribution in [2.45, 2.75) is 354 Å². The average Bonchev–Trinajstić information content (AvgIpc) is 3.31. The molecule has 0 unspecified atom stereocenters. The quantitative estimate of drug-likeness (QED) is 0.0343. The Balaban J connectivity index is 4.28. The van der Waals surface area contributed by atoms with E-state index in [1.807, 2.05) is 0 Å². The molecule has 66 heavy (non-hydrogen) atoms. The Morgan fingerprint density at radius 3 is 0.606 bits per heavy atom. The summed E-state index contributed by atoms with van der Waals surface area (Å²) in [5, 5.41) is 0. The van der Waals surface area contributed by atoms with Crippen molar-refractivity contribution in [3.05, 3.63) is 0 Å². The molecular formula is C60H116O6. The average molecular weight is 934 g/mol. The third kappa shape index (κ3) is 53.4. The van der Waals surface area contributed by atoms with Gasteiger partial charge in [0, 0.05) is 19.3 Å². The highest BCUT2D eigenvalue weighted by Crippen LogP contribution is 2.18. The van der Waals surface area contributed by atoms with Crippen molar-refractivity contribution in [3.63, 3.8) is 0 Å². The zero-order valence-electron chi connectivity index (χ0n) is 45.0. The summed E-state index contributed by atoms with van der Waals surface area (Å²) in [5.74, 6) is -0.829. The fourth-order valence-electron chi connectivity index (χ4n) is 9.33. The first-order valence-corrected chi connectivity index (χ1v) is 30.0. The predicted molar refractivity (Wildman–Crippen MR) is 284 cm³/mol. The molecule has 0 aliphatic rings. The maximum absolute atomic E-state index is 12.9. The summed E-state index contributed by atoms with van der Waals surface area (Å²) < 4.78 is 16.9. The van der Waals surface area contributed by atoms with Gasteiger partial charge in [-0.1, -0.05) is 310 Å². The summed E-state index contributed by atoms with van der Waals surface area (Å²) in [5.41, 5.74) is 0. The SMILES string of the molecule is CCCCCCCCCCCCCCCCCCCCC(=O)OC[C@@H](COC(=O)CCCCCCCCCCCCCCCC)OC(=O)CCCCCCCCCCCCCCCCCC. The number of hydrogen-bond donors (Lipinski definition) is 0. The molecule has 0 aromatic heterocycles. The second kappa shape index (κ2) is 56.0. The minimum atomic E-state index is -0.761. The minimum Gasteiger partial charge on any atom is -0.462 e. The van der Waals surface area contributed by atoms with Crippen LogP contribution in [0.4, 0.5) is 0 Å². The van der Waals surface area contributed by atoms with Crippen LogP contribution in [0.15, 0.2) is 0 Å². The number of unbranched alkanes of at least 4 members (excludes halogenated alkanes) is 45. The second-order valence-electron chi connectivity index (χ2n) is 20.6. The highest BCUT2D eigenvalue weighted by molar-refractivity contribution is 5.71. The first-order valence-electron chi connectivity index (χ1n) is 30.0. The molecule has 0 amide bonds. The molecule has 6 nitrogen and oxygen atoms in total. The van der Waals surface area contributed by atoms with Crippen LogP contribution in [0.1, 0.15) is 348 Å². The standard InChI is InChI=1S/C60H116O6/c1-4-7-10-13-16-19-22-25-28-30-31-33-35-38-41-44-47-50-53-59(62)65-56-57(55-64-58(61)52-49-46-43-40-37-34-27-24-21-18-15-12-9-6-3)66-60(63)54-51-48-45-42-39-36-32-29-26-23-20-17-14-11-8-5-2/h57H,4-56H2,1-3H3/t57-/m1/s1. The molecule has 0 radical (unpaired) electrons. The summed E-state index contributed by atoms with van der Waals surface area (Å²) >= 11 is 0. The molecule has 0 bridgehead atoms. The van der Waals surface area contributed by atoms with Gasteiger partial charge in [-0.3, -0.25) is 14.4 Å². The lowest BCUT2D eigenvalue weighted by Crippen LogP contribution is -2.30. The summed E-state index contributed by atoms with van der Waals surface area (Å²) in [7, 11) is 0. The minimum absolute atomic E-state index is 0.0608. The molecule has 0 fully saturated rings. The maximum atomic E-state index is 12.9. The van der Waals surface area contributed by atoms with Crippen LogP contribution in [0.2, 0.25) is 0 Å². The van der Waals surface area contributed by atoms with Crippen molar-refractivity contribution < 1.29 is 28.6 Å². The number of esters is 3. The lowest BCUT2D eigenvalue weighted by atomic mass is 10.0. The summed E-state index contributed by atoms with van der Waals surface area (Å²) in [4.78, 5) is 38.2. The Morgan fingerprint density at radius 2 is 0.409 bits per heavy atom. The van der Waals surface area contributed by atoms with Crippen molar-refractivity contribution in [3.8, 4) is 0 Å². The van der Waals surface area contributed by atoms with Gasteiger partial charge in [-0.15, -0.1) is 0 Å². The van der Waals surface area contributed by atoms with Gasteiger partial charge in [0.1, 0.15) is 13.2 Å². The Kier molecular flexibility index (Phi) is 54.7. The molecule has 0 aliphatic heterocycles. The van der Waals surface area contributed by atoms with Gasteiger partial charge in [0.2, 0.25) is 0 Å². The number of carbonyl (C=O) groups is 3. The van der Waals surface area contributed by atoms with E-state index in [-0.39, 0.29) is 31.1 Å². The topological polar surface area (TPSA) is 78.9 Å². The van der Waals surface area contributed by atoms with Crippen LogP contribution in [0.5, 0.6) is 0 Å². The largest absolute Gasteiger partial charge is 0.462 e. The molecule has 0 aromatic carbocycles. The highest BCUT2D eigenvalue weighted by atomic mass is 16.6. The van der Waals surface area contributed by atoms with E-state index in [4.69, 9.17) is 14.2 Å². The Hall–Kier alpha value is -1.59. The number of hydrogen-bond acceptors (Lipinski definition) is 6. The first kappa shape index (κ1) is 64.4. The summed E-state index contributed by atoms with van der Waals surface area (Å²) in [6.45, 7) is 6.72. The van der Waals surface area contributed by atoms with E-state index in [1.165, 1.54) is 250 Å². The van der Waals surface area contributed by atoms with Gasteiger partial charge in [-0.2, -0.15) is 0 Å². The van der Waals surface area contributed by atoms with E-state index in [2.05, 4.69) is 20.8 Å². The van der Waals surface area contributed by atoms with Crippen LogP contribution in [0.25, 0.3) is 0 Å². The molecule has 0 saturated heterocycles. The molecular weight excluding hydrogens is 817 g/mol. The normalized spacial score (nSPS) is 11.9. The van der Waals surface area contributed by atoms with Crippen molar-refractivity contribution in [2.75, 3.05) is 13.2 Å². The van der Waals surface area contributed by atoms with Gasteiger partial charge in [0.05, 0.1) is 0 Å². The van der Waals surface area contributed by atoms with Crippen LogP contribution in [-0.2, 0) is 28.6 Å². The van der Waals surface area contributed by atoms with Crippen LogP contribution in [0.3, 0.4) is 0 Å². The Bertz CT molecular complexity index is 982.